The van der Waals surface area contributed by atoms with Crippen LogP contribution in [-0.2, 0) is 0 Å². The number of unbranched alkanes of at least 4 members (excludes halogenated alkanes) is 50. The SMILES string of the molecule is CCCCCCCCCCCCCCCCC[P+](CCCCCCCCCCCCCCC)(CCCCCCCCCCCCCCC)CCCCCCCCCCCCCCC. The van der Waals surface area contributed by atoms with E-state index in [1.165, 1.54) is 321 Å². The highest BCUT2D eigenvalue weighted by atomic mass is 31.2. The van der Waals surface area contributed by atoms with E-state index in [0.717, 1.165) is 0 Å². The topological polar surface area (TPSA) is 0 Å². The van der Waals surface area contributed by atoms with Gasteiger partial charge in [0.05, 0.1) is 24.6 Å². The lowest BCUT2D eigenvalue weighted by Crippen LogP contribution is -2.13. The highest BCUT2D eigenvalue weighted by Gasteiger charge is 2.35. The molecule has 0 aliphatic heterocycles. The van der Waals surface area contributed by atoms with Crippen molar-refractivity contribution >= 4 is 7.26 Å². The minimum Gasteiger partial charge on any atom is -0.0654 e. The van der Waals surface area contributed by atoms with Gasteiger partial charge in [-0.05, 0) is 51.4 Å². The van der Waals surface area contributed by atoms with Crippen LogP contribution in [0.15, 0.2) is 0 Å². The Morgan fingerprint density at radius 2 is 0.222 bits per heavy atom. The average Bonchev–Trinajstić information content (AvgIpc) is 3.29. The van der Waals surface area contributed by atoms with Crippen LogP contribution in [0.3, 0.4) is 0 Å². The molecule has 0 unspecified atom stereocenters. The fraction of sp³-hybridized carbons (Fsp3) is 1.00. The fourth-order valence-electron chi connectivity index (χ4n) is 10.9. The van der Waals surface area contributed by atoms with Crippen LogP contribution >= 0.6 is 7.26 Å². The van der Waals surface area contributed by atoms with Gasteiger partial charge in [0, 0.05) is 7.26 Å². The molecule has 0 aromatic rings. The molecule has 0 radical (unpaired) electrons. The second kappa shape index (κ2) is 56.8. The molecule has 0 N–H and O–H groups in total. The molecule has 1 heteroatoms. The summed E-state index contributed by atoms with van der Waals surface area (Å²) in [4.78, 5) is 0. The van der Waals surface area contributed by atoms with Gasteiger partial charge in [0.2, 0.25) is 0 Å². The van der Waals surface area contributed by atoms with E-state index in [0.29, 0.717) is 0 Å². The molecule has 0 aliphatic rings. The van der Waals surface area contributed by atoms with Crippen molar-refractivity contribution < 1.29 is 0 Å². The highest BCUT2D eigenvalue weighted by Crippen LogP contribution is 2.61. The maximum atomic E-state index is 2.34. The van der Waals surface area contributed by atoms with Gasteiger partial charge in [0.15, 0.2) is 0 Å². The summed E-state index contributed by atoms with van der Waals surface area (Å²) in [5.74, 6) is 0. The van der Waals surface area contributed by atoms with Crippen molar-refractivity contribution in [2.75, 3.05) is 24.6 Å². The monoisotopic (exact) mass is 904 g/mol. The van der Waals surface area contributed by atoms with E-state index in [2.05, 4.69) is 27.7 Å². The average molecular weight is 905 g/mol. The Morgan fingerprint density at radius 1 is 0.127 bits per heavy atom. The van der Waals surface area contributed by atoms with E-state index in [1.54, 1.807) is 50.3 Å². The van der Waals surface area contributed by atoms with Gasteiger partial charge < -0.3 is 0 Å². The first-order valence-corrected chi connectivity index (χ1v) is 33.6. The van der Waals surface area contributed by atoms with E-state index in [9.17, 15) is 0 Å². The predicted octanol–water partition coefficient (Wildman–Crippen LogP) is 24.1. The van der Waals surface area contributed by atoms with Crippen LogP contribution in [0.25, 0.3) is 0 Å². The zero-order chi connectivity index (χ0) is 45.5. The van der Waals surface area contributed by atoms with Gasteiger partial charge in [-0.15, -0.1) is 0 Å². The molecule has 0 saturated carbocycles. The molecule has 0 aromatic carbocycles. The van der Waals surface area contributed by atoms with Crippen LogP contribution in [0, 0.1) is 0 Å². The molecule has 0 bridgehead atoms. The van der Waals surface area contributed by atoms with Gasteiger partial charge in [0.1, 0.15) is 0 Å². The Labute approximate surface area is 404 Å². The van der Waals surface area contributed by atoms with Crippen molar-refractivity contribution in [3.63, 3.8) is 0 Å². The summed E-state index contributed by atoms with van der Waals surface area (Å²) >= 11 is 0. The Bertz CT molecular complexity index is 699. The van der Waals surface area contributed by atoms with E-state index < -0.39 is 7.26 Å². The third-order valence-corrected chi connectivity index (χ3v) is 20.5. The summed E-state index contributed by atoms with van der Waals surface area (Å²) < 4.78 is 0. The second-order valence-electron chi connectivity index (χ2n) is 21.9. The molecule has 63 heavy (non-hydrogen) atoms. The first kappa shape index (κ1) is 63.4. The Balaban J connectivity index is 4.92. The fourth-order valence-corrected chi connectivity index (χ4v) is 15.8. The van der Waals surface area contributed by atoms with Crippen LogP contribution in [0.1, 0.15) is 374 Å². The van der Waals surface area contributed by atoms with Crippen LogP contribution in [-0.4, -0.2) is 24.6 Å². The summed E-state index contributed by atoms with van der Waals surface area (Å²) in [6, 6.07) is 0. The molecule has 0 aromatic heterocycles. The lowest BCUT2D eigenvalue weighted by molar-refractivity contribution is 0.534. The van der Waals surface area contributed by atoms with Gasteiger partial charge >= 0.3 is 0 Å². The summed E-state index contributed by atoms with van der Waals surface area (Å²) in [5, 5.41) is 0. The molecule has 0 rings (SSSR count). The van der Waals surface area contributed by atoms with Gasteiger partial charge in [-0.1, -0.05) is 323 Å². The van der Waals surface area contributed by atoms with Crippen LogP contribution in [0.2, 0.25) is 0 Å². The van der Waals surface area contributed by atoms with Crippen molar-refractivity contribution in [3.8, 4) is 0 Å². The quantitative estimate of drug-likeness (QED) is 0.0421. The van der Waals surface area contributed by atoms with Crippen molar-refractivity contribution in [1.29, 1.82) is 0 Å². The highest BCUT2D eigenvalue weighted by molar-refractivity contribution is 7.75. The minimum absolute atomic E-state index is 0.830. The van der Waals surface area contributed by atoms with Gasteiger partial charge in [0.25, 0.3) is 0 Å². The molecule has 0 saturated heterocycles. The van der Waals surface area contributed by atoms with Crippen molar-refractivity contribution in [2.45, 2.75) is 374 Å². The molecular weight excluding hydrogens is 776 g/mol. The molecule has 380 valence electrons. The number of rotatable bonds is 58. The Hall–Kier alpha value is 0.430. The maximum absolute atomic E-state index is 2.34. The molecule has 0 aliphatic carbocycles. The first-order valence-electron chi connectivity index (χ1n) is 31.1. The van der Waals surface area contributed by atoms with Crippen molar-refractivity contribution in [2.24, 2.45) is 0 Å². The molecule has 0 atom stereocenters. The molecule has 0 fully saturated rings. The van der Waals surface area contributed by atoms with Crippen LogP contribution in [0.4, 0.5) is 0 Å². The maximum Gasteiger partial charge on any atom is 0.0594 e. The van der Waals surface area contributed by atoms with Crippen LogP contribution in [0.5, 0.6) is 0 Å². The minimum atomic E-state index is -0.830. The zero-order valence-electron chi connectivity index (χ0n) is 45.5. The molecule has 0 heterocycles. The first-order chi connectivity index (χ1) is 31.2. The van der Waals surface area contributed by atoms with Gasteiger partial charge in [-0.2, -0.15) is 0 Å². The van der Waals surface area contributed by atoms with Gasteiger partial charge in [-0.25, -0.2) is 0 Å². The zero-order valence-corrected chi connectivity index (χ0v) is 46.4. The van der Waals surface area contributed by atoms with Crippen LogP contribution < -0.4 is 0 Å². The van der Waals surface area contributed by atoms with Gasteiger partial charge in [-0.3, -0.25) is 0 Å². The largest absolute Gasteiger partial charge is 0.0654 e. The molecule has 0 spiro atoms. The normalized spacial score (nSPS) is 12.0. The summed E-state index contributed by atoms with van der Waals surface area (Å²) in [6.07, 6.45) is 87.3. The molecular formula is C62H128P+. The standard InChI is InChI=1S/C62H128P/c1-5-9-13-17-21-25-29-33-34-38-42-46-50-54-58-62-63(59-55-51-47-43-39-35-30-26-22-18-14-10-6-2,60-56-52-48-44-40-36-31-27-23-19-15-11-7-3)61-57-53-49-45-41-37-32-28-24-20-16-12-8-4/h5-62H2,1-4H3/q+1. The van der Waals surface area contributed by atoms with E-state index in [-0.39, 0.29) is 0 Å². The van der Waals surface area contributed by atoms with Crippen molar-refractivity contribution in [1.82, 2.24) is 0 Å². The van der Waals surface area contributed by atoms with E-state index in [4.69, 9.17) is 0 Å². The molecule has 0 nitrogen and oxygen atoms in total. The number of hydrogen-bond donors (Lipinski definition) is 0. The summed E-state index contributed by atoms with van der Waals surface area (Å²) in [7, 11) is -0.830. The lowest BCUT2D eigenvalue weighted by Gasteiger charge is -2.28. The third-order valence-electron chi connectivity index (χ3n) is 15.4. The smallest absolute Gasteiger partial charge is 0.0594 e. The summed E-state index contributed by atoms with van der Waals surface area (Å²) in [5.41, 5.74) is 0. The Kier molecular flexibility index (Phi) is 57.1. The predicted molar refractivity (Wildman–Crippen MR) is 298 cm³/mol. The van der Waals surface area contributed by atoms with Crippen molar-refractivity contribution in [3.05, 3.63) is 0 Å². The molecule has 0 amide bonds. The Morgan fingerprint density at radius 3 is 0.333 bits per heavy atom. The number of hydrogen-bond acceptors (Lipinski definition) is 0. The second-order valence-corrected chi connectivity index (χ2v) is 26.4. The third kappa shape index (κ3) is 51.7. The van der Waals surface area contributed by atoms with E-state index in [1.807, 2.05) is 0 Å². The summed E-state index contributed by atoms with van der Waals surface area (Å²) in [6.45, 7) is 9.35. The lowest BCUT2D eigenvalue weighted by atomic mass is 10.0. The van der Waals surface area contributed by atoms with E-state index >= 15 is 0 Å².